The minimum atomic E-state index is -2.05. The summed E-state index contributed by atoms with van der Waals surface area (Å²) in [5.41, 5.74) is 0. The lowest BCUT2D eigenvalue weighted by Crippen LogP contribution is -2.70. The van der Waals surface area contributed by atoms with Gasteiger partial charge in [-0.3, -0.25) is 9.59 Å². The van der Waals surface area contributed by atoms with Crippen LogP contribution in [0.25, 0.3) is 0 Å². The van der Waals surface area contributed by atoms with Crippen molar-refractivity contribution in [2.45, 2.75) is 137 Å². The molecule has 296 valence electrons. The number of hydrogen-bond donors (Lipinski definition) is 14. The number of aliphatic hydroxyl groups excluding tert-OH is 12. The quantitative estimate of drug-likeness (QED) is 0.0881. The fourth-order valence-electron chi connectivity index (χ4n) is 6.35. The fraction of sp³-hybridized carbons (Fsp3) is 0.929. The maximum Gasteiger partial charge on any atom is 0.217 e. The van der Waals surface area contributed by atoms with Crippen LogP contribution in [0.1, 0.15) is 13.8 Å². The summed E-state index contributed by atoms with van der Waals surface area (Å²) in [6.45, 7) is -1.33. The van der Waals surface area contributed by atoms with Crippen molar-refractivity contribution in [3.63, 3.8) is 0 Å². The summed E-state index contributed by atoms with van der Waals surface area (Å²) in [5, 5.41) is 130. The molecule has 0 aromatic heterocycles. The van der Waals surface area contributed by atoms with E-state index in [1.807, 2.05) is 0 Å². The zero-order chi connectivity index (χ0) is 37.9. The molecule has 4 heterocycles. The molecule has 51 heavy (non-hydrogen) atoms. The topological polar surface area (TPSA) is 366 Å². The van der Waals surface area contributed by atoms with E-state index in [0.717, 1.165) is 13.8 Å². The van der Waals surface area contributed by atoms with Gasteiger partial charge in [-0.05, 0) is 0 Å². The van der Waals surface area contributed by atoms with Crippen LogP contribution in [0, 0.1) is 0 Å². The summed E-state index contributed by atoms with van der Waals surface area (Å²) in [4.78, 5) is 24.0. The highest BCUT2D eigenvalue weighted by molar-refractivity contribution is 5.73. The van der Waals surface area contributed by atoms with Crippen molar-refractivity contribution in [3.05, 3.63) is 0 Å². The van der Waals surface area contributed by atoms with Crippen LogP contribution in [0.15, 0.2) is 0 Å². The lowest BCUT2D eigenvalue weighted by molar-refractivity contribution is -0.376. The van der Waals surface area contributed by atoms with E-state index in [1.54, 1.807) is 0 Å². The van der Waals surface area contributed by atoms with Crippen molar-refractivity contribution in [2.75, 3.05) is 26.4 Å². The van der Waals surface area contributed by atoms with Crippen molar-refractivity contribution >= 4 is 11.8 Å². The molecule has 0 bridgehead atoms. The van der Waals surface area contributed by atoms with Crippen LogP contribution in [0.4, 0.5) is 0 Å². The van der Waals surface area contributed by atoms with E-state index in [4.69, 9.17) is 33.2 Å². The molecule has 4 fully saturated rings. The average Bonchev–Trinajstić information content (AvgIpc) is 3.08. The summed E-state index contributed by atoms with van der Waals surface area (Å²) in [7, 11) is 0. The van der Waals surface area contributed by atoms with E-state index in [2.05, 4.69) is 10.6 Å². The first-order valence-corrected chi connectivity index (χ1v) is 16.1. The minimum absolute atomic E-state index is 0.671. The Kier molecular flexibility index (Phi) is 14.8. The van der Waals surface area contributed by atoms with Gasteiger partial charge < -0.3 is 105 Å². The number of aliphatic hydroxyl groups is 12. The number of carbonyl (C=O) groups is 2. The van der Waals surface area contributed by atoms with E-state index in [0.29, 0.717) is 0 Å². The molecule has 4 rings (SSSR count). The van der Waals surface area contributed by atoms with E-state index >= 15 is 0 Å². The molecule has 0 radical (unpaired) electrons. The fourth-order valence-corrected chi connectivity index (χ4v) is 6.35. The Balaban J connectivity index is 1.62. The van der Waals surface area contributed by atoms with Crippen LogP contribution in [-0.4, -0.2) is 222 Å². The molecule has 0 spiro atoms. The van der Waals surface area contributed by atoms with Crippen molar-refractivity contribution in [2.24, 2.45) is 0 Å². The molecule has 2 amide bonds. The average molecular weight is 749 g/mol. The molecule has 4 aliphatic heterocycles. The molecule has 0 aromatic carbocycles. The third-order valence-corrected chi connectivity index (χ3v) is 9.01. The number of nitrogens with one attached hydrogen (secondary N) is 2. The highest BCUT2D eigenvalue weighted by Gasteiger charge is 2.56. The van der Waals surface area contributed by atoms with Gasteiger partial charge in [0.2, 0.25) is 11.8 Å². The van der Waals surface area contributed by atoms with Gasteiger partial charge in [0.1, 0.15) is 97.5 Å². The summed E-state index contributed by atoms with van der Waals surface area (Å²) >= 11 is 0. The Bertz CT molecular complexity index is 1140. The predicted molar refractivity (Wildman–Crippen MR) is 157 cm³/mol. The molecular formula is C28H48N2O21. The van der Waals surface area contributed by atoms with Gasteiger partial charge in [-0.15, -0.1) is 0 Å². The van der Waals surface area contributed by atoms with Crippen LogP contribution in [-0.2, 0) is 42.7 Å². The van der Waals surface area contributed by atoms with Crippen LogP contribution in [0.3, 0.4) is 0 Å². The summed E-state index contributed by atoms with van der Waals surface area (Å²) in [5.74, 6) is -1.44. The monoisotopic (exact) mass is 748 g/mol. The molecule has 0 aliphatic carbocycles. The van der Waals surface area contributed by atoms with Gasteiger partial charge in [-0.25, -0.2) is 0 Å². The van der Waals surface area contributed by atoms with Crippen molar-refractivity contribution < 1.29 is 104 Å². The Morgan fingerprint density at radius 2 is 0.902 bits per heavy atom. The smallest absolute Gasteiger partial charge is 0.217 e. The van der Waals surface area contributed by atoms with Gasteiger partial charge in [0.25, 0.3) is 0 Å². The van der Waals surface area contributed by atoms with Gasteiger partial charge in [-0.2, -0.15) is 0 Å². The molecule has 4 saturated heterocycles. The molecule has 0 aromatic rings. The molecule has 4 aliphatic rings. The van der Waals surface area contributed by atoms with Crippen LogP contribution < -0.4 is 10.6 Å². The summed E-state index contributed by atoms with van der Waals surface area (Å²) in [6.07, 6.45) is -31.8. The first-order chi connectivity index (χ1) is 24.1. The van der Waals surface area contributed by atoms with Crippen LogP contribution >= 0.6 is 0 Å². The van der Waals surface area contributed by atoms with Gasteiger partial charge >= 0.3 is 0 Å². The molecule has 0 unspecified atom stereocenters. The first kappa shape index (κ1) is 41.9. The second-order valence-electron chi connectivity index (χ2n) is 12.6. The van der Waals surface area contributed by atoms with E-state index in [-0.39, 0.29) is 0 Å². The Morgan fingerprint density at radius 1 is 0.471 bits per heavy atom. The minimum Gasteiger partial charge on any atom is -0.394 e. The number of amides is 2. The SMILES string of the molecule is CC(=O)N[C@@H]1[C@@H](O)[C@H](O[C@@H]2O[C@H](CO)[C@H](O)[C@H](O[C@@H]3O[C@H](CO)[C@H](O)[C@H](O[C@@H]4O[C@H](CO)[C@H](O)[C@H](O)[C@H]4O)[C@H]3NC(C)=O)[C@H]2O)[C@@H](CO)O[C@H]1O. The highest BCUT2D eigenvalue weighted by Crippen LogP contribution is 2.34. The second-order valence-corrected chi connectivity index (χ2v) is 12.6. The van der Waals surface area contributed by atoms with Crippen molar-refractivity contribution in [1.29, 1.82) is 0 Å². The highest BCUT2D eigenvalue weighted by atomic mass is 16.8. The molecule has 14 N–H and O–H groups in total. The van der Waals surface area contributed by atoms with Gasteiger partial charge in [0.15, 0.2) is 25.2 Å². The van der Waals surface area contributed by atoms with Gasteiger partial charge in [0.05, 0.1) is 26.4 Å². The number of carbonyl (C=O) groups excluding carboxylic acids is 2. The van der Waals surface area contributed by atoms with Gasteiger partial charge in [0, 0.05) is 13.8 Å². The third kappa shape index (κ3) is 9.11. The molecule has 20 atom stereocenters. The maximum absolute atomic E-state index is 12.3. The first-order valence-electron chi connectivity index (χ1n) is 16.1. The number of ether oxygens (including phenoxy) is 7. The molecule has 23 heteroatoms. The molecule has 0 saturated carbocycles. The number of hydrogen-bond acceptors (Lipinski definition) is 21. The summed E-state index contributed by atoms with van der Waals surface area (Å²) in [6, 6.07) is -3.09. The maximum atomic E-state index is 12.3. The Hall–Kier alpha value is -1.82. The zero-order valence-electron chi connectivity index (χ0n) is 27.4. The Labute approximate surface area is 289 Å². The summed E-state index contributed by atoms with van der Waals surface area (Å²) < 4.78 is 39.3. The van der Waals surface area contributed by atoms with Crippen LogP contribution in [0.5, 0.6) is 0 Å². The van der Waals surface area contributed by atoms with Crippen LogP contribution in [0.2, 0.25) is 0 Å². The Morgan fingerprint density at radius 3 is 1.43 bits per heavy atom. The predicted octanol–water partition coefficient (Wildman–Crippen LogP) is -9.46. The van der Waals surface area contributed by atoms with Crippen molar-refractivity contribution in [3.8, 4) is 0 Å². The molecule has 23 nitrogen and oxygen atoms in total. The largest absolute Gasteiger partial charge is 0.394 e. The molecular weight excluding hydrogens is 700 g/mol. The van der Waals surface area contributed by atoms with Gasteiger partial charge in [-0.1, -0.05) is 0 Å². The zero-order valence-corrected chi connectivity index (χ0v) is 27.4. The second kappa shape index (κ2) is 18.0. The van der Waals surface area contributed by atoms with E-state index < -0.39 is 161 Å². The third-order valence-electron chi connectivity index (χ3n) is 9.01. The van der Waals surface area contributed by atoms with Crippen molar-refractivity contribution in [1.82, 2.24) is 10.6 Å². The number of rotatable bonds is 12. The lowest BCUT2D eigenvalue weighted by Gasteiger charge is -2.50. The van der Waals surface area contributed by atoms with E-state index in [1.165, 1.54) is 0 Å². The lowest BCUT2D eigenvalue weighted by atomic mass is 9.94. The standard InChI is InChI=1S/C28H48N2O21/c1-7(35)29-13-18(40)22(12(6-34)45-25(13)44)49-28-21(43)24(17(39)11(5-33)48-28)51-26-14(30-8(2)36)23(16(38)10(4-32)46-26)50-27-20(42)19(41)15(37)9(3-31)47-27/h9-28,31-34,37-44H,3-6H2,1-2H3,(H,29,35)(H,30,36)/t9-,10-,11-,12-,13-,14-,15+,16+,17+,18-,19+,20-,21-,22-,23-,24+,25-,26+,27+,28+/m1/s1. The normalized spacial score (nSPS) is 47.8. The van der Waals surface area contributed by atoms with E-state index in [9.17, 15) is 70.9 Å².